The summed E-state index contributed by atoms with van der Waals surface area (Å²) in [7, 11) is 0. The van der Waals surface area contributed by atoms with E-state index >= 15 is 0 Å². The number of hydrogen-bond donors (Lipinski definition) is 5. The standard InChI is InChI=1S/C14H27NO7/c1-8-10(7-16)22-14(12(13(8)20)15-9(2)17)21-6-4-3-5-11(18)19/h8,10-14,16,18-20H,3-7H2,1-2H3,(H,15,17). The topological polar surface area (TPSA) is 128 Å². The fraction of sp³-hybridized carbons (Fsp3) is 0.929. The van der Waals surface area contributed by atoms with Crippen molar-refractivity contribution in [2.24, 2.45) is 5.92 Å². The summed E-state index contributed by atoms with van der Waals surface area (Å²) in [6.45, 7) is 3.11. The van der Waals surface area contributed by atoms with Crippen LogP contribution in [0.1, 0.15) is 33.1 Å². The number of ether oxygens (including phenoxy) is 2. The van der Waals surface area contributed by atoms with E-state index in [1.807, 2.05) is 0 Å². The Hall–Kier alpha value is -0.770. The molecule has 0 aromatic carbocycles. The molecule has 1 amide bonds. The second-order valence-electron chi connectivity index (χ2n) is 5.65. The fourth-order valence-electron chi connectivity index (χ4n) is 2.46. The van der Waals surface area contributed by atoms with Gasteiger partial charge in [0.1, 0.15) is 6.04 Å². The molecule has 130 valence electrons. The van der Waals surface area contributed by atoms with E-state index in [2.05, 4.69) is 5.32 Å². The Morgan fingerprint density at radius 1 is 1.36 bits per heavy atom. The van der Waals surface area contributed by atoms with Crippen molar-refractivity contribution in [3.05, 3.63) is 0 Å². The van der Waals surface area contributed by atoms with Crippen LogP contribution in [0.25, 0.3) is 0 Å². The van der Waals surface area contributed by atoms with Crippen molar-refractivity contribution in [3.8, 4) is 0 Å². The summed E-state index contributed by atoms with van der Waals surface area (Å²) in [4.78, 5) is 11.3. The van der Waals surface area contributed by atoms with Crippen LogP contribution in [0.3, 0.4) is 0 Å². The molecule has 0 bridgehead atoms. The Morgan fingerprint density at radius 2 is 2.05 bits per heavy atom. The molecule has 8 heteroatoms. The molecule has 0 spiro atoms. The summed E-state index contributed by atoms with van der Waals surface area (Å²) >= 11 is 0. The molecular weight excluding hydrogens is 294 g/mol. The summed E-state index contributed by atoms with van der Waals surface area (Å²) in [5.74, 6) is -0.648. The first-order valence-electron chi connectivity index (χ1n) is 7.56. The highest BCUT2D eigenvalue weighted by Gasteiger charge is 2.43. The molecule has 1 heterocycles. The highest BCUT2D eigenvalue weighted by atomic mass is 16.7. The quantitative estimate of drug-likeness (QED) is 0.278. The smallest absolute Gasteiger partial charge is 0.217 e. The van der Waals surface area contributed by atoms with E-state index in [4.69, 9.17) is 19.7 Å². The van der Waals surface area contributed by atoms with Crippen molar-refractivity contribution in [1.82, 2.24) is 5.32 Å². The Kier molecular flexibility index (Phi) is 8.23. The van der Waals surface area contributed by atoms with Gasteiger partial charge in [0.25, 0.3) is 0 Å². The van der Waals surface area contributed by atoms with Gasteiger partial charge in [-0.25, -0.2) is 0 Å². The molecule has 22 heavy (non-hydrogen) atoms. The third-order valence-corrected chi connectivity index (χ3v) is 3.78. The summed E-state index contributed by atoms with van der Waals surface area (Å²) in [6, 6.07) is -0.710. The zero-order valence-electron chi connectivity index (χ0n) is 13.0. The minimum atomic E-state index is -1.33. The second kappa shape index (κ2) is 9.39. The van der Waals surface area contributed by atoms with Crippen LogP contribution in [0, 0.1) is 5.92 Å². The van der Waals surface area contributed by atoms with Crippen LogP contribution in [-0.2, 0) is 14.3 Å². The molecule has 0 radical (unpaired) electrons. The number of aliphatic hydroxyl groups is 4. The first kappa shape index (κ1) is 19.3. The van der Waals surface area contributed by atoms with Gasteiger partial charge in [0.15, 0.2) is 12.6 Å². The molecule has 5 N–H and O–H groups in total. The minimum absolute atomic E-state index is 0.248. The maximum Gasteiger partial charge on any atom is 0.217 e. The van der Waals surface area contributed by atoms with Crippen molar-refractivity contribution in [2.75, 3.05) is 13.2 Å². The van der Waals surface area contributed by atoms with E-state index in [9.17, 15) is 15.0 Å². The maximum atomic E-state index is 11.3. The molecule has 0 saturated carbocycles. The Bertz CT molecular complexity index is 339. The monoisotopic (exact) mass is 321 g/mol. The number of carbonyl (C=O) groups is 1. The minimum Gasteiger partial charge on any atom is -0.394 e. The lowest BCUT2D eigenvalue weighted by Crippen LogP contribution is -2.61. The molecule has 8 nitrogen and oxygen atoms in total. The fourth-order valence-corrected chi connectivity index (χ4v) is 2.46. The van der Waals surface area contributed by atoms with Gasteiger partial charge in [0.05, 0.1) is 18.8 Å². The first-order valence-corrected chi connectivity index (χ1v) is 7.56. The summed E-state index contributed by atoms with van der Waals surface area (Å²) in [5.41, 5.74) is 0. The van der Waals surface area contributed by atoms with Gasteiger partial charge in [-0.15, -0.1) is 0 Å². The molecule has 0 aliphatic carbocycles. The summed E-state index contributed by atoms with van der Waals surface area (Å²) < 4.78 is 11.2. The van der Waals surface area contributed by atoms with Crippen LogP contribution in [0.15, 0.2) is 0 Å². The number of rotatable bonds is 8. The average Bonchev–Trinajstić information content (AvgIpc) is 2.45. The molecule has 1 fully saturated rings. The summed E-state index contributed by atoms with van der Waals surface area (Å²) in [6.07, 6.45) is -2.24. The SMILES string of the molecule is CC(=O)NC1C(OCCCCC(O)O)OC(CO)C(C)C1O. The van der Waals surface area contributed by atoms with E-state index in [0.717, 1.165) is 0 Å². The van der Waals surface area contributed by atoms with Gasteiger partial charge >= 0.3 is 0 Å². The van der Waals surface area contributed by atoms with Crippen LogP contribution in [-0.4, -0.2) is 70.4 Å². The van der Waals surface area contributed by atoms with Crippen molar-refractivity contribution in [3.63, 3.8) is 0 Å². The largest absolute Gasteiger partial charge is 0.394 e. The van der Waals surface area contributed by atoms with Crippen LogP contribution in [0.5, 0.6) is 0 Å². The van der Waals surface area contributed by atoms with Crippen LogP contribution in [0.4, 0.5) is 0 Å². The van der Waals surface area contributed by atoms with Gasteiger partial charge in [-0.2, -0.15) is 0 Å². The number of nitrogens with one attached hydrogen (secondary N) is 1. The number of aliphatic hydroxyl groups excluding tert-OH is 3. The number of unbranched alkanes of at least 4 members (excludes halogenated alkanes) is 1. The average molecular weight is 321 g/mol. The second-order valence-corrected chi connectivity index (χ2v) is 5.65. The van der Waals surface area contributed by atoms with Crippen LogP contribution in [0.2, 0.25) is 0 Å². The van der Waals surface area contributed by atoms with Gasteiger partial charge < -0.3 is 35.2 Å². The van der Waals surface area contributed by atoms with Gasteiger partial charge in [-0.05, 0) is 19.3 Å². The molecule has 1 aliphatic heterocycles. The molecule has 0 aromatic rings. The molecule has 1 rings (SSSR count). The number of amides is 1. The first-order chi connectivity index (χ1) is 10.4. The highest BCUT2D eigenvalue weighted by Crippen LogP contribution is 2.26. The predicted molar refractivity (Wildman–Crippen MR) is 76.6 cm³/mol. The Balaban J connectivity index is 2.55. The van der Waals surface area contributed by atoms with E-state index in [1.54, 1.807) is 6.92 Å². The molecule has 5 atom stereocenters. The van der Waals surface area contributed by atoms with Gasteiger partial charge in [-0.3, -0.25) is 4.79 Å². The summed E-state index contributed by atoms with van der Waals surface area (Å²) in [5, 5.41) is 39.7. The number of hydrogen-bond acceptors (Lipinski definition) is 7. The molecule has 1 aliphatic rings. The molecule has 1 saturated heterocycles. The van der Waals surface area contributed by atoms with E-state index in [0.29, 0.717) is 12.8 Å². The normalized spacial score (nSPS) is 32.2. The van der Waals surface area contributed by atoms with Gasteiger partial charge in [0.2, 0.25) is 5.91 Å². The highest BCUT2D eigenvalue weighted by molar-refractivity contribution is 5.73. The van der Waals surface area contributed by atoms with Crippen molar-refractivity contribution >= 4 is 5.91 Å². The number of carbonyl (C=O) groups excluding carboxylic acids is 1. The van der Waals surface area contributed by atoms with Crippen molar-refractivity contribution < 1.29 is 34.7 Å². The van der Waals surface area contributed by atoms with Gasteiger partial charge in [-0.1, -0.05) is 6.92 Å². The lowest BCUT2D eigenvalue weighted by atomic mass is 9.89. The van der Waals surface area contributed by atoms with Crippen LogP contribution >= 0.6 is 0 Å². The third-order valence-electron chi connectivity index (χ3n) is 3.78. The van der Waals surface area contributed by atoms with E-state index in [-0.39, 0.29) is 31.5 Å². The molecular formula is C14H27NO7. The van der Waals surface area contributed by atoms with E-state index in [1.165, 1.54) is 6.92 Å². The maximum absolute atomic E-state index is 11.3. The molecule has 5 unspecified atom stereocenters. The predicted octanol–water partition coefficient (Wildman–Crippen LogP) is -1.30. The van der Waals surface area contributed by atoms with Crippen molar-refractivity contribution in [2.45, 2.75) is 63.9 Å². The molecule has 0 aromatic heterocycles. The Labute approximate surface area is 130 Å². The van der Waals surface area contributed by atoms with E-state index < -0.39 is 30.8 Å². The zero-order valence-corrected chi connectivity index (χ0v) is 13.0. The lowest BCUT2D eigenvalue weighted by molar-refractivity contribution is -0.255. The van der Waals surface area contributed by atoms with Crippen LogP contribution < -0.4 is 5.32 Å². The Morgan fingerprint density at radius 3 is 2.59 bits per heavy atom. The van der Waals surface area contributed by atoms with Gasteiger partial charge in [0, 0.05) is 19.4 Å². The van der Waals surface area contributed by atoms with Crippen molar-refractivity contribution in [1.29, 1.82) is 0 Å². The zero-order chi connectivity index (χ0) is 16.7. The third kappa shape index (κ3) is 5.79. The lowest BCUT2D eigenvalue weighted by Gasteiger charge is -2.43.